The van der Waals surface area contributed by atoms with Gasteiger partial charge in [-0.25, -0.2) is 0 Å². The minimum absolute atomic E-state index is 0.343. The molecule has 0 unspecified atom stereocenters. The summed E-state index contributed by atoms with van der Waals surface area (Å²) in [6.07, 6.45) is 1.28. The summed E-state index contributed by atoms with van der Waals surface area (Å²) in [4.78, 5) is 12.5. The topological polar surface area (TPSA) is 32.9 Å². The van der Waals surface area contributed by atoms with Crippen molar-refractivity contribution in [2.75, 3.05) is 0 Å². The second kappa shape index (κ2) is 3.22. The fraction of sp³-hybridized carbons (Fsp3) is 0.167. The van der Waals surface area contributed by atoms with Gasteiger partial charge in [-0.1, -0.05) is 0 Å². The third-order valence-corrected chi connectivity index (χ3v) is 1.78. The van der Waals surface area contributed by atoms with Crippen molar-refractivity contribution in [2.24, 2.45) is 0 Å². The third kappa shape index (κ3) is 2.61. The van der Waals surface area contributed by atoms with Gasteiger partial charge in [-0.05, 0) is 23.9 Å². The average molecular weight is 195 g/mol. The van der Waals surface area contributed by atoms with Gasteiger partial charge in [-0.2, -0.15) is 13.2 Å². The molecule has 0 spiro atoms. The highest BCUT2D eigenvalue weighted by atomic mass is 32.2. The smallest absolute Gasteiger partial charge is 0.328 e. The first-order valence-corrected chi connectivity index (χ1v) is 3.74. The molecule has 1 N–H and O–H groups in total. The Morgan fingerprint density at radius 3 is 2.58 bits per heavy atom. The highest BCUT2D eigenvalue weighted by Crippen LogP contribution is 2.34. The minimum atomic E-state index is -4.41. The van der Waals surface area contributed by atoms with Crippen LogP contribution in [0, 0.1) is 0 Å². The van der Waals surface area contributed by atoms with E-state index in [0.29, 0.717) is 0 Å². The second-order valence-corrected chi connectivity index (χ2v) is 3.02. The zero-order valence-electron chi connectivity index (χ0n) is 5.68. The molecule has 1 aromatic heterocycles. The summed E-state index contributed by atoms with van der Waals surface area (Å²) < 4.78 is 35.2. The number of aromatic nitrogens is 1. The number of alkyl halides is 3. The Hall–Kier alpha value is -0.910. The summed E-state index contributed by atoms with van der Waals surface area (Å²) in [5, 5.41) is 0. The molecule has 0 aromatic carbocycles. The van der Waals surface area contributed by atoms with Crippen LogP contribution in [0.2, 0.25) is 0 Å². The molecular weight excluding hydrogens is 191 g/mol. The summed E-state index contributed by atoms with van der Waals surface area (Å²) in [5.41, 5.74) is -5.13. The molecule has 12 heavy (non-hydrogen) atoms. The molecule has 0 aliphatic rings. The van der Waals surface area contributed by atoms with Gasteiger partial charge in [0.05, 0.1) is 4.90 Å². The summed E-state index contributed by atoms with van der Waals surface area (Å²) in [6, 6.07) is 2.46. The fourth-order valence-electron chi connectivity index (χ4n) is 0.611. The Morgan fingerprint density at radius 2 is 2.08 bits per heavy atom. The SMILES string of the molecule is O=c1[nH]cccc1SC(F)(F)F. The van der Waals surface area contributed by atoms with Crippen LogP contribution in [0.15, 0.2) is 28.0 Å². The number of nitrogens with one attached hydrogen (secondary N) is 1. The van der Waals surface area contributed by atoms with Crippen molar-refractivity contribution in [1.29, 1.82) is 0 Å². The van der Waals surface area contributed by atoms with Crippen molar-refractivity contribution in [3.63, 3.8) is 0 Å². The molecule has 2 nitrogen and oxygen atoms in total. The summed E-state index contributed by atoms with van der Waals surface area (Å²) in [5.74, 6) is 0. The van der Waals surface area contributed by atoms with Gasteiger partial charge in [0.15, 0.2) is 0 Å². The van der Waals surface area contributed by atoms with Crippen LogP contribution in [0.1, 0.15) is 0 Å². The predicted octanol–water partition coefficient (Wildman–Crippen LogP) is 1.99. The summed E-state index contributed by atoms with van der Waals surface area (Å²) in [6.45, 7) is 0. The molecule has 0 bridgehead atoms. The molecule has 0 atom stereocenters. The first-order valence-electron chi connectivity index (χ1n) is 2.92. The Labute approximate surface area is 69.8 Å². The Morgan fingerprint density at radius 1 is 1.42 bits per heavy atom. The van der Waals surface area contributed by atoms with Crippen LogP contribution in [0.4, 0.5) is 13.2 Å². The van der Waals surface area contributed by atoms with E-state index in [0.717, 1.165) is 6.07 Å². The molecule has 0 amide bonds. The van der Waals surface area contributed by atoms with E-state index in [1.54, 1.807) is 0 Å². The molecule has 0 aliphatic heterocycles. The molecule has 66 valence electrons. The number of thioether (sulfide) groups is 1. The quantitative estimate of drug-likeness (QED) is 0.695. The molecular formula is C6H4F3NOS. The van der Waals surface area contributed by atoms with Gasteiger partial charge >= 0.3 is 5.51 Å². The van der Waals surface area contributed by atoms with Crippen LogP contribution in [-0.2, 0) is 0 Å². The fourth-order valence-corrected chi connectivity index (χ4v) is 1.16. The van der Waals surface area contributed by atoms with Gasteiger partial charge in [0.1, 0.15) is 0 Å². The lowest BCUT2D eigenvalue weighted by molar-refractivity contribution is -0.0328. The van der Waals surface area contributed by atoms with Gasteiger partial charge in [-0.3, -0.25) is 4.79 Å². The van der Waals surface area contributed by atoms with Crippen molar-refractivity contribution < 1.29 is 13.2 Å². The first kappa shape index (κ1) is 9.18. The maximum absolute atomic E-state index is 11.7. The zero-order valence-corrected chi connectivity index (χ0v) is 6.50. The Kier molecular flexibility index (Phi) is 2.46. The highest BCUT2D eigenvalue weighted by molar-refractivity contribution is 8.00. The maximum Gasteiger partial charge on any atom is 0.446 e. The molecule has 1 rings (SSSR count). The van der Waals surface area contributed by atoms with E-state index in [-0.39, 0.29) is 4.90 Å². The molecule has 0 fully saturated rings. The van der Waals surface area contributed by atoms with Crippen LogP contribution < -0.4 is 5.56 Å². The normalized spacial score (nSPS) is 11.6. The van der Waals surface area contributed by atoms with E-state index < -0.39 is 22.8 Å². The van der Waals surface area contributed by atoms with E-state index in [1.807, 2.05) is 0 Å². The monoisotopic (exact) mass is 195 g/mol. The van der Waals surface area contributed by atoms with Crippen LogP contribution in [0.3, 0.4) is 0 Å². The number of hydrogen-bond donors (Lipinski definition) is 1. The van der Waals surface area contributed by atoms with Crippen LogP contribution in [0.5, 0.6) is 0 Å². The number of aromatic amines is 1. The summed E-state index contributed by atoms with van der Waals surface area (Å²) in [7, 11) is 0. The number of hydrogen-bond acceptors (Lipinski definition) is 2. The molecule has 0 aliphatic carbocycles. The number of halogens is 3. The predicted molar refractivity (Wildman–Crippen MR) is 39.0 cm³/mol. The van der Waals surface area contributed by atoms with E-state index >= 15 is 0 Å². The van der Waals surface area contributed by atoms with Gasteiger partial charge in [0.2, 0.25) is 0 Å². The third-order valence-electron chi connectivity index (χ3n) is 1.01. The van der Waals surface area contributed by atoms with Crippen molar-refractivity contribution in [3.8, 4) is 0 Å². The first-order chi connectivity index (χ1) is 5.49. The van der Waals surface area contributed by atoms with E-state index in [9.17, 15) is 18.0 Å². The van der Waals surface area contributed by atoms with Crippen LogP contribution >= 0.6 is 11.8 Å². The lowest BCUT2D eigenvalue weighted by Gasteiger charge is -2.02. The van der Waals surface area contributed by atoms with E-state index in [2.05, 4.69) is 4.98 Å². The van der Waals surface area contributed by atoms with E-state index in [4.69, 9.17) is 0 Å². The Bertz CT molecular complexity index is 319. The van der Waals surface area contributed by atoms with Crippen molar-refractivity contribution >= 4 is 11.8 Å². The summed E-state index contributed by atoms with van der Waals surface area (Å²) >= 11 is -0.416. The van der Waals surface area contributed by atoms with Crippen molar-refractivity contribution in [3.05, 3.63) is 28.7 Å². The largest absolute Gasteiger partial charge is 0.446 e. The van der Waals surface area contributed by atoms with Gasteiger partial charge in [0, 0.05) is 6.20 Å². The van der Waals surface area contributed by atoms with Gasteiger partial charge < -0.3 is 4.98 Å². The number of H-pyrrole nitrogens is 1. The molecule has 0 saturated carbocycles. The lowest BCUT2D eigenvalue weighted by atomic mass is 10.5. The maximum atomic E-state index is 11.7. The lowest BCUT2D eigenvalue weighted by Crippen LogP contribution is -2.10. The van der Waals surface area contributed by atoms with Crippen molar-refractivity contribution in [2.45, 2.75) is 10.4 Å². The standard InChI is InChI=1S/C6H4F3NOS/c7-6(8,9)12-4-2-1-3-10-5(4)11/h1-3H,(H,10,11). The molecule has 6 heteroatoms. The molecule has 1 heterocycles. The van der Waals surface area contributed by atoms with Crippen LogP contribution in [0.25, 0.3) is 0 Å². The average Bonchev–Trinajstić information content (AvgIpc) is 1.91. The zero-order chi connectivity index (χ0) is 9.19. The number of rotatable bonds is 1. The van der Waals surface area contributed by atoms with E-state index in [1.165, 1.54) is 12.3 Å². The highest BCUT2D eigenvalue weighted by Gasteiger charge is 2.30. The van der Waals surface area contributed by atoms with Crippen molar-refractivity contribution in [1.82, 2.24) is 4.98 Å². The Balaban J connectivity index is 2.91. The minimum Gasteiger partial charge on any atom is -0.328 e. The van der Waals surface area contributed by atoms with Gasteiger partial charge in [-0.15, -0.1) is 0 Å². The number of pyridine rings is 1. The van der Waals surface area contributed by atoms with Crippen LogP contribution in [-0.4, -0.2) is 10.5 Å². The second-order valence-electron chi connectivity index (χ2n) is 1.91. The molecule has 0 saturated heterocycles. The van der Waals surface area contributed by atoms with Gasteiger partial charge in [0.25, 0.3) is 5.56 Å². The molecule has 1 aromatic rings. The molecule has 0 radical (unpaired) electrons.